The lowest BCUT2D eigenvalue weighted by Gasteiger charge is -2.24. The fourth-order valence-electron chi connectivity index (χ4n) is 2.08. The van der Waals surface area contributed by atoms with Crippen LogP contribution in [0.1, 0.15) is 12.0 Å². The molecule has 1 aliphatic rings. The number of nitrogens with one attached hydrogen (secondary N) is 1. The van der Waals surface area contributed by atoms with Crippen LogP contribution in [0, 0.1) is 6.92 Å². The zero-order valence-corrected chi connectivity index (χ0v) is 10.6. The van der Waals surface area contributed by atoms with Crippen LogP contribution in [0.3, 0.4) is 0 Å². The summed E-state index contributed by atoms with van der Waals surface area (Å²) < 4.78 is 0. The Morgan fingerprint density at radius 1 is 1.61 bits per heavy atom. The molecule has 1 aliphatic heterocycles. The quantitative estimate of drug-likeness (QED) is 0.881. The molecule has 0 aliphatic carbocycles. The van der Waals surface area contributed by atoms with Gasteiger partial charge in [0.05, 0.1) is 18.2 Å². The highest BCUT2D eigenvalue weighted by Gasteiger charge is 2.34. The van der Waals surface area contributed by atoms with Gasteiger partial charge in [-0.15, -0.1) is 0 Å². The Labute approximate surface area is 109 Å². The summed E-state index contributed by atoms with van der Waals surface area (Å²) in [4.78, 5) is 24.1. The largest absolute Gasteiger partial charge is 0.481 e. The number of carbonyl (C=O) groups is 2. The van der Waals surface area contributed by atoms with E-state index < -0.39 is 5.97 Å². The van der Waals surface area contributed by atoms with Crippen molar-refractivity contribution in [2.24, 2.45) is 0 Å². The third-order valence-electron chi connectivity index (χ3n) is 2.98. The molecular weight excluding hydrogens is 256 g/mol. The minimum absolute atomic E-state index is 0.0926. The normalized spacial score (nSPS) is 18.9. The Kier molecular flexibility index (Phi) is 3.43. The topological polar surface area (TPSA) is 69.6 Å². The molecule has 1 aromatic rings. The van der Waals surface area contributed by atoms with Gasteiger partial charge in [0.1, 0.15) is 0 Å². The second-order valence-electron chi connectivity index (χ2n) is 4.19. The maximum atomic E-state index is 11.8. The number of aliphatic carboxylic acids is 1. The molecule has 1 saturated heterocycles. The van der Waals surface area contributed by atoms with E-state index in [2.05, 4.69) is 5.32 Å². The van der Waals surface area contributed by atoms with Crippen molar-refractivity contribution in [2.75, 3.05) is 11.4 Å². The molecule has 1 unspecified atom stereocenters. The van der Waals surface area contributed by atoms with Crippen LogP contribution in [-0.2, 0) is 4.79 Å². The van der Waals surface area contributed by atoms with Gasteiger partial charge in [0.25, 0.3) is 0 Å². The fourth-order valence-corrected chi connectivity index (χ4v) is 2.25. The maximum Gasteiger partial charge on any atom is 0.322 e. The van der Waals surface area contributed by atoms with E-state index in [-0.39, 0.29) is 18.5 Å². The van der Waals surface area contributed by atoms with Crippen LogP contribution < -0.4 is 10.2 Å². The first-order valence-electron chi connectivity index (χ1n) is 5.54. The van der Waals surface area contributed by atoms with E-state index in [1.165, 1.54) is 4.90 Å². The monoisotopic (exact) mass is 268 g/mol. The van der Waals surface area contributed by atoms with Crippen LogP contribution in [0.2, 0.25) is 5.02 Å². The number of nitrogens with zero attached hydrogens (tertiary/aromatic N) is 1. The molecule has 2 N–H and O–H groups in total. The van der Waals surface area contributed by atoms with E-state index >= 15 is 0 Å². The van der Waals surface area contributed by atoms with Crippen LogP contribution in [0.25, 0.3) is 0 Å². The third-order valence-corrected chi connectivity index (χ3v) is 3.39. The molecule has 1 atom stereocenters. The molecule has 5 nitrogen and oxygen atoms in total. The molecule has 0 aromatic heterocycles. The van der Waals surface area contributed by atoms with Crippen LogP contribution in [0.4, 0.5) is 10.5 Å². The lowest BCUT2D eigenvalue weighted by atomic mass is 10.1. The molecule has 1 aromatic carbocycles. The smallest absolute Gasteiger partial charge is 0.322 e. The predicted molar refractivity (Wildman–Crippen MR) is 68.1 cm³/mol. The first kappa shape index (κ1) is 12.7. The number of hydrogen-bond donors (Lipinski definition) is 2. The van der Waals surface area contributed by atoms with E-state index in [1.54, 1.807) is 25.1 Å². The molecule has 18 heavy (non-hydrogen) atoms. The van der Waals surface area contributed by atoms with Crippen molar-refractivity contribution in [2.45, 2.75) is 19.4 Å². The Balaban J connectivity index is 2.36. The second kappa shape index (κ2) is 4.86. The number of rotatable bonds is 3. The number of carbonyl (C=O) groups excluding carboxylic acids is 1. The summed E-state index contributed by atoms with van der Waals surface area (Å²) in [7, 11) is 0. The van der Waals surface area contributed by atoms with Crippen LogP contribution in [0.5, 0.6) is 0 Å². The summed E-state index contributed by atoms with van der Waals surface area (Å²) in [5, 5.41) is 12.1. The highest BCUT2D eigenvalue weighted by molar-refractivity contribution is 6.31. The number of carboxylic acid groups (broad SMARTS) is 1. The van der Waals surface area contributed by atoms with E-state index in [0.717, 1.165) is 5.56 Å². The molecule has 1 heterocycles. The molecule has 1 fully saturated rings. The van der Waals surface area contributed by atoms with Crippen molar-refractivity contribution in [1.29, 1.82) is 0 Å². The number of halogens is 1. The number of hydrogen-bond acceptors (Lipinski definition) is 2. The van der Waals surface area contributed by atoms with E-state index in [1.807, 2.05) is 0 Å². The SMILES string of the molecule is Cc1c(Cl)cccc1N1C(=O)NCC1CC(=O)O. The zero-order chi connectivity index (χ0) is 13.3. The van der Waals surface area contributed by atoms with E-state index in [9.17, 15) is 9.59 Å². The molecule has 0 spiro atoms. The van der Waals surface area contributed by atoms with Gasteiger partial charge in [-0.25, -0.2) is 4.79 Å². The minimum atomic E-state index is -0.929. The van der Waals surface area contributed by atoms with Crippen molar-refractivity contribution in [3.05, 3.63) is 28.8 Å². The van der Waals surface area contributed by atoms with E-state index in [4.69, 9.17) is 16.7 Å². The fraction of sp³-hybridized carbons (Fsp3) is 0.333. The number of amides is 2. The summed E-state index contributed by atoms with van der Waals surface area (Å²) in [5.41, 5.74) is 1.43. The molecular formula is C12H13ClN2O3. The van der Waals surface area contributed by atoms with Crippen molar-refractivity contribution < 1.29 is 14.7 Å². The standard InChI is InChI=1S/C12H13ClN2O3/c1-7-9(13)3-2-4-10(7)15-8(5-11(16)17)6-14-12(15)18/h2-4,8H,5-6H2,1H3,(H,14,18)(H,16,17). The van der Waals surface area contributed by atoms with Gasteiger partial charge in [0.15, 0.2) is 0 Å². The van der Waals surface area contributed by atoms with Crippen molar-refractivity contribution >= 4 is 29.3 Å². The molecule has 0 radical (unpaired) electrons. The van der Waals surface area contributed by atoms with Crippen LogP contribution in [-0.4, -0.2) is 29.7 Å². The van der Waals surface area contributed by atoms with Gasteiger partial charge in [0.2, 0.25) is 0 Å². The first-order valence-corrected chi connectivity index (χ1v) is 5.92. The summed E-state index contributed by atoms with van der Waals surface area (Å²) >= 11 is 6.02. The molecule has 2 rings (SSSR count). The summed E-state index contributed by atoms with van der Waals surface area (Å²) in [6.07, 6.45) is -0.0926. The average molecular weight is 269 g/mol. The van der Waals surface area contributed by atoms with Gasteiger partial charge < -0.3 is 10.4 Å². The number of anilines is 1. The maximum absolute atomic E-state index is 11.8. The van der Waals surface area contributed by atoms with Gasteiger partial charge in [-0.3, -0.25) is 9.69 Å². The highest BCUT2D eigenvalue weighted by Crippen LogP contribution is 2.30. The molecule has 2 amide bonds. The Morgan fingerprint density at radius 3 is 3.00 bits per heavy atom. The predicted octanol–water partition coefficient (Wildman–Crippen LogP) is 2.02. The van der Waals surface area contributed by atoms with Gasteiger partial charge in [-0.1, -0.05) is 17.7 Å². The minimum Gasteiger partial charge on any atom is -0.481 e. The lowest BCUT2D eigenvalue weighted by molar-refractivity contribution is -0.137. The van der Waals surface area contributed by atoms with Gasteiger partial charge in [0, 0.05) is 11.6 Å². The van der Waals surface area contributed by atoms with Gasteiger partial charge >= 0.3 is 12.0 Å². The second-order valence-corrected chi connectivity index (χ2v) is 4.60. The number of urea groups is 1. The van der Waals surface area contributed by atoms with E-state index in [0.29, 0.717) is 17.3 Å². The first-order chi connectivity index (χ1) is 8.50. The van der Waals surface area contributed by atoms with Crippen molar-refractivity contribution in [3.63, 3.8) is 0 Å². The van der Waals surface area contributed by atoms with Crippen molar-refractivity contribution in [3.8, 4) is 0 Å². The Hall–Kier alpha value is -1.75. The molecule has 96 valence electrons. The van der Waals surface area contributed by atoms with Gasteiger partial charge in [-0.05, 0) is 24.6 Å². The number of carboxylic acids is 1. The summed E-state index contributed by atoms with van der Waals surface area (Å²) in [6.45, 7) is 2.14. The highest BCUT2D eigenvalue weighted by atomic mass is 35.5. The average Bonchev–Trinajstić information content (AvgIpc) is 2.63. The molecule has 0 saturated carbocycles. The molecule has 0 bridgehead atoms. The third kappa shape index (κ3) is 2.26. The van der Waals surface area contributed by atoms with Crippen LogP contribution >= 0.6 is 11.6 Å². The zero-order valence-electron chi connectivity index (χ0n) is 9.81. The van der Waals surface area contributed by atoms with Crippen LogP contribution in [0.15, 0.2) is 18.2 Å². The van der Waals surface area contributed by atoms with Gasteiger partial charge in [-0.2, -0.15) is 0 Å². The Bertz CT molecular complexity index is 504. The molecule has 6 heteroatoms. The summed E-state index contributed by atoms with van der Waals surface area (Å²) in [6, 6.07) is 4.58. The number of benzene rings is 1. The summed E-state index contributed by atoms with van der Waals surface area (Å²) in [5.74, 6) is -0.929. The lowest BCUT2D eigenvalue weighted by Crippen LogP contribution is -2.36. The Morgan fingerprint density at radius 2 is 2.33 bits per heavy atom. The van der Waals surface area contributed by atoms with Crippen molar-refractivity contribution in [1.82, 2.24) is 5.32 Å².